The maximum Gasteiger partial charge on any atom is 0.251 e. The number of benzene rings is 5. The van der Waals surface area contributed by atoms with Crippen LogP contribution in [-0.2, 0) is 35.6 Å². The van der Waals surface area contributed by atoms with Gasteiger partial charge in [-0.25, -0.2) is 8.78 Å². The van der Waals surface area contributed by atoms with Gasteiger partial charge < -0.3 is 54.3 Å². The van der Waals surface area contributed by atoms with Gasteiger partial charge in [0.15, 0.2) is 5.78 Å². The zero-order valence-corrected chi connectivity index (χ0v) is 53.2. The number of aryl methyl sites for hydroxylation is 3. The summed E-state index contributed by atoms with van der Waals surface area (Å²) < 4.78 is 66.9. The Morgan fingerprint density at radius 2 is 1.55 bits per heavy atom. The van der Waals surface area contributed by atoms with E-state index in [4.69, 9.17) is 40.0 Å². The highest BCUT2D eigenvalue weighted by Crippen LogP contribution is 2.53. The molecule has 0 saturated carbocycles. The van der Waals surface area contributed by atoms with Gasteiger partial charge in [0.25, 0.3) is 11.5 Å². The lowest BCUT2D eigenvalue weighted by atomic mass is 9.62. The zero-order chi connectivity index (χ0) is 64.0. The number of rotatable bonds is 28. The SMILES string of the molecule is CCN(c1cc(-c2ccc(OCCOCCOCCOCCNC(=O)c3ccc(NC(=O)C4N[C@@H](CC(C)(C)C)[C@](C#N)(c5ccc(C)cc5F)[C@H]4c4cccc(Cl)c4F)c(OC)c3)cc2)cc(C(=O)CCc2c(C)cc(C)[nH]c2=O)c1C)C1CCOCC1. The first-order valence-corrected chi connectivity index (χ1v) is 30.9. The molecule has 6 aromatic rings. The Bertz CT molecular complexity index is 3560. The number of halogens is 3. The normalized spacial score (nSPS) is 17.7. The lowest BCUT2D eigenvalue weighted by molar-refractivity contribution is -0.118. The smallest absolute Gasteiger partial charge is 0.251 e. The van der Waals surface area contributed by atoms with Crippen molar-refractivity contribution in [3.8, 4) is 28.7 Å². The lowest BCUT2D eigenvalue weighted by Crippen LogP contribution is -2.45. The number of pyridine rings is 1. The second-order valence-corrected chi connectivity index (χ2v) is 24.5. The molecule has 474 valence electrons. The van der Waals surface area contributed by atoms with E-state index in [-0.39, 0.29) is 70.7 Å². The van der Waals surface area contributed by atoms with E-state index in [0.717, 1.165) is 53.0 Å². The van der Waals surface area contributed by atoms with Crippen LogP contribution in [0.5, 0.6) is 11.5 Å². The number of nitrogens with zero attached hydrogens (tertiary/aromatic N) is 2. The monoisotopic (exact) mass is 1240 g/mol. The van der Waals surface area contributed by atoms with Crippen molar-refractivity contribution >= 4 is 40.6 Å². The first-order chi connectivity index (χ1) is 42.7. The number of aromatic nitrogens is 1. The molecule has 2 fully saturated rings. The van der Waals surface area contributed by atoms with Crippen LogP contribution in [0.4, 0.5) is 20.2 Å². The summed E-state index contributed by atoms with van der Waals surface area (Å²) in [6, 6.07) is 28.0. The van der Waals surface area contributed by atoms with Crippen LogP contribution >= 0.6 is 11.6 Å². The predicted molar refractivity (Wildman–Crippen MR) is 342 cm³/mol. The summed E-state index contributed by atoms with van der Waals surface area (Å²) in [4.78, 5) is 60.1. The van der Waals surface area contributed by atoms with E-state index >= 15 is 8.78 Å². The van der Waals surface area contributed by atoms with E-state index < -0.39 is 52.3 Å². The third-order valence-corrected chi connectivity index (χ3v) is 17.0. The minimum Gasteiger partial charge on any atom is -0.495 e. The number of H-pyrrole nitrogens is 1. The van der Waals surface area contributed by atoms with Crippen LogP contribution in [0.2, 0.25) is 5.02 Å². The van der Waals surface area contributed by atoms with Crippen LogP contribution in [0, 0.1) is 56.1 Å². The van der Waals surface area contributed by atoms with Crippen LogP contribution in [0.1, 0.15) is 119 Å². The molecule has 89 heavy (non-hydrogen) atoms. The number of carbonyl (C=O) groups is 3. The number of ketones is 1. The van der Waals surface area contributed by atoms with Gasteiger partial charge in [-0.3, -0.25) is 19.2 Å². The lowest BCUT2D eigenvalue weighted by Gasteiger charge is -2.37. The van der Waals surface area contributed by atoms with Gasteiger partial charge in [0, 0.05) is 84.4 Å². The summed E-state index contributed by atoms with van der Waals surface area (Å²) in [6.45, 7) is 20.1. The molecule has 16 nitrogen and oxygen atoms in total. The zero-order valence-electron chi connectivity index (χ0n) is 52.5. The third kappa shape index (κ3) is 16.5. The van der Waals surface area contributed by atoms with Crippen molar-refractivity contribution in [3.05, 3.63) is 174 Å². The summed E-state index contributed by atoms with van der Waals surface area (Å²) in [5.41, 5.74) is 5.56. The van der Waals surface area contributed by atoms with Crippen molar-refractivity contribution in [3.63, 3.8) is 0 Å². The van der Waals surface area contributed by atoms with E-state index in [1.54, 1.807) is 13.0 Å². The molecule has 3 heterocycles. The number of amides is 2. The van der Waals surface area contributed by atoms with Crippen LogP contribution in [0.3, 0.4) is 0 Å². The molecule has 8 rings (SSSR count). The number of ether oxygens (including phenoxy) is 6. The van der Waals surface area contributed by atoms with Gasteiger partial charge in [-0.2, -0.15) is 5.26 Å². The number of Topliss-reactive ketones (excluding diaryl/α,β-unsaturated/α-hetero) is 1. The van der Waals surface area contributed by atoms with Crippen LogP contribution in [-0.4, -0.2) is 120 Å². The maximum atomic E-state index is 16.2. The Morgan fingerprint density at radius 3 is 2.20 bits per heavy atom. The Kier molecular flexibility index (Phi) is 23.3. The van der Waals surface area contributed by atoms with Gasteiger partial charge in [-0.1, -0.05) is 68.8 Å². The summed E-state index contributed by atoms with van der Waals surface area (Å²) in [5.74, 6) is -2.93. The molecule has 2 aliphatic rings. The molecule has 1 aromatic heterocycles. The fourth-order valence-corrected chi connectivity index (χ4v) is 12.5. The minimum atomic E-state index is -1.76. The molecule has 2 amide bonds. The summed E-state index contributed by atoms with van der Waals surface area (Å²) in [7, 11) is 1.39. The molecule has 2 aliphatic heterocycles. The Labute approximate surface area is 525 Å². The van der Waals surface area contributed by atoms with Crippen molar-refractivity contribution in [2.24, 2.45) is 5.41 Å². The molecule has 2 saturated heterocycles. The van der Waals surface area contributed by atoms with Gasteiger partial charge >= 0.3 is 0 Å². The standard InChI is InChI=1S/C70H83ClF2N6O10/c1-10-79(50-24-27-85-28-25-50)59-39-49(38-54(46(59)5)60(80)23-20-52-44(3)37-45(4)76-67(52)82)47-15-18-51(19-16-47)89-35-34-88-33-32-87-31-30-86-29-26-75-66(81)48-17-22-58(61(40-48)84-9)77-68(83)65-63(53-12-11-13-56(71)64(53)73)70(42-74,62(78-65)41-69(6,7)8)55-21-14-43(2)36-57(55)72/h11-19,21-22,36-40,50,62-63,65,78H,10,20,23-35,41H2,1-9H3,(H,75,81)(H,76,82)(H,77,83)/t62-,63-,65?,70-/m0/s1. The Balaban J connectivity index is 0.773. The second kappa shape index (κ2) is 30.8. The minimum absolute atomic E-state index is 0.00816. The van der Waals surface area contributed by atoms with Crippen molar-refractivity contribution in [1.82, 2.24) is 15.6 Å². The van der Waals surface area contributed by atoms with E-state index in [1.165, 1.54) is 55.6 Å². The number of hydrogen-bond donors (Lipinski definition) is 4. The molecular weight excluding hydrogens is 1160 g/mol. The predicted octanol–water partition coefficient (Wildman–Crippen LogP) is 11.9. The highest BCUT2D eigenvalue weighted by molar-refractivity contribution is 6.30. The van der Waals surface area contributed by atoms with Crippen LogP contribution in [0.25, 0.3) is 11.1 Å². The van der Waals surface area contributed by atoms with Crippen molar-refractivity contribution < 1.29 is 51.6 Å². The Hall–Kier alpha value is -7.50. The highest BCUT2D eigenvalue weighted by atomic mass is 35.5. The summed E-state index contributed by atoms with van der Waals surface area (Å²) in [5, 5.41) is 20.1. The summed E-state index contributed by atoms with van der Waals surface area (Å²) >= 11 is 6.33. The van der Waals surface area contributed by atoms with Crippen LogP contribution < -0.4 is 35.9 Å². The number of nitriles is 1. The molecule has 0 bridgehead atoms. The quantitative estimate of drug-likeness (QED) is 0.0267. The molecule has 0 aliphatic carbocycles. The summed E-state index contributed by atoms with van der Waals surface area (Å²) in [6.07, 6.45) is 2.70. The third-order valence-electron chi connectivity index (χ3n) is 16.7. The molecular formula is C70H83ClF2N6O10. The average Bonchev–Trinajstić information content (AvgIpc) is 1.60. The Morgan fingerprint density at radius 1 is 0.854 bits per heavy atom. The first kappa shape index (κ1) is 67.4. The van der Waals surface area contributed by atoms with E-state index in [2.05, 4.69) is 44.9 Å². The molecule has 4 N–H and O–H groups in total. The second-order valence-electron chi connectivity index (χ2n) is 24.1. The number of methoxy groups -OCH3 is 1. The van der Waals surface area contributed by atoms with Crippen LogP contribution in [0.15, 0.2) is 102 Å². The van der Waals surface area contributed by atoms with Crippen molar-refractivity contribution in [2.45, 2.75) is 117 Å². The van der Waals surface area contributed by atoms with Gasteiger partial charge in [-0.05, 0) is 160 Å². The van der Waals surface area contributed by atoms with Gasteiger partial charge in [0.1, 0.15) is 35.2 Å². The van der Waals surface area contributed by atoms with Gasteiger partial charge in [-0.15, -0.1) is 0 Å². The van der Waals surface area contributed by atoms with E-state index in [9.17, 15) is 24.4 Å². The fraction of sp³-hybridized carbons (Fsp3) is 0.443. The first-order valence-electron chi connectivity index (χ1n) is 30.5. The van der Waals surface area contributed by atoms with Gasteiger partial charge in [0.05, 0.1) is 69.6 Å². The van der Waals surface area contributed by atoms with Gasteiger partial charge in [0.2, 0.25) is 5.91 Å². The van der Waals surface area contributed by atoms with Crippen molar-refractivity contribution in [1.29, 1.82) is 5.26 Å². The largest absolute Gasteiger partial charge is 0.495 e. The topological polar surface area (TPSA) is 203 Å². The number of carbonyl (C=O) groups excluding carboxylic acids is 3. The number of nitrogens with one attached hydrogen (secondary N) is 4. The maximum absolute atomic E-state index is 16.2. The van der Waals surface area contributed by atoms with E-state index in [1.807, 2.05) is 77.9 Å². The number of aromatic amines is 1. The molecule has 0 spiro atoms. The van der Waals surface area contributed by atoms with Crippen molar-refractivity contribution in [2.75, 3.05) is 89.9 Å². The van der Waals surface area contributed by atoms with E-state index in [0.29, 0.717) is 87.6 Å². The number of hydrogen-bond acceptors (Lipinski definition) is 13. The molecule has 19 heteroatoms. The average molecular weight is 1240 g/mol. The molecule has 1 unspecified atom stereocenters. The molecule has 4 atom stereocenters. The fourth-order valence-electron chi connectivity index (χ4n) is 12.3. The number of anilines is 2. The molecule has 0 radical (unpaired) electrons. The highest BCUT2D eigenvalue weighted by Gasteiger charge is 2.61. The molecule has 5 aromatic carbocycles.